The van der Waals surface area contributed by atoms with Gasteiger partial charge in [-0.1, -0.05) is 31.2 Å². The Labute approximate surface area is 159 Å². The number of nitrogens with one attached hydrogen (secondary N) is 2. The molecule has 2 rings (SSSR count). The summed E-state index contributed by atoms with van der Waals surface area (Å²) >= 11 is 0. The van der Waals surface area contributed by atoms with Gasteiger partial charge in [-0.25, -0.2) is 0 Å². The molecular formula is C21H36N4O. The molecule has 5 heteroatoms. The first-order valence-electron chi connectivity index (χ1n) is 9.72. The molecule has 0 saturated carbocycles. The molecule has 2 N–H and O–H groups in total. The largest absolute Gasteiger partial charge is 0.377 e. The molecule has 1 heterocycles. The Balaban J connectivity index is 1.90. The molecule has 0 spiro atoms. The lowest BCUT2D eigenvalue weighted by molar-refractivity contribution is 0.0268. The average molecular weight is 361 g/mol. The zero-order valence-corrected chi connectivity index (χ0v) is 17.1. The van der Waals surface area contributed by atoms with Crippen molar-refractivity contribution in [2.45, 2.75) is 52.3 Å². The monoisotopic (exact) mass is 360 g/mol. The van der Waals surface area contributed by atoms with Gasteiger partial charge in [-0.15, -0.1) is 0 Å². The molecule has 1 aliphatic heterocycles. The third-order valence-electron chi connectivity index (χ3n) is 5.29. The van der Waals surface area contributed by atoms with Crippen molar-refractivity contribution in [3.8, 4) is 0 Å². The maximum Gasteiger partial charge on any atom is 0.191 e. The van der Waals surface area contributed by atoms with Crippen LogP contribution in [0.5, 0.6) is 0 Å². The Morgan fingerprint density at radius 3 is 2.46 bits per heavy atom. The van der Waals surface area contributed by atoms with Gasteiger partial charge in [0, 0.05) is 33.8 Å². The molecule has 1 fully saturated rings. The van der Waals surface area contributed by atoms with Gasteiger partial charge in [-0.05, 0) is 56.8 Å². The van der Waals surface area contributed by atoms with Gasteiger partial charge in [-0.3, -0.25) is 9.89 Å². The second-order valence-corrected chi connectivity index (χ2v) is 7.97. The van der Waals surface area contributed by atoms with Gasteiger partial charge in [0.1, 0.15) is 0 Å². The molecule has 26 heavy (non-hydrogen) atoms. The van der Waals surface area contributed by atoms with Crippen molar-refractivity contribution in [2.75, 3.05) is 33.8 Å². The summed E-state index contributed by atoms with van der Waals surface area (Å²) in [6.07, 6.45) is 2.62. The Kier molecular flexibility index (Phi) is 7.91. The van der Waals surface area contributed by atoms with Crippen LogP contribution >= 0.6 is 0 Å². The molecule has 1 aliphatic rings. The Morgan fingerprint density at radius 1 is 1.19 bits per heavy atom. The van der Waals surface area contributed by atoms with E-state index in [-0.39, 0.29) is 5.60 Å². The van der Waals surface area contributed by atoms with Crippen molar-refractivity contribution in [3.05, 3.63) is 35.4 Å². The van der Waals surface area contributed by atoms with Crippen LogP contribution in [0.3, 0.4) is 0 Å². The van der Waals surface area contributed by atoms with Crippen LogP contribution in [-0.2, 0) is 17.8 Å². The minimum atomic E-state index is -0.221. The number of rotatable bonds is 7. The molecule has 0 aliphatic carbocycles. The quantitative estimate of drug-likeness (QED) is 0.580. The highest BCUT2D eigenvalue weighted by atomic mass is 16.5. The topological polar surface area (TPSA) is 48.9 Å². The number of benzene rings is 1. The lowest BCUT2D eigenvalue weighted by Gasteiger charge is -2.30. The summed E-state index contributed by atoms with van der Waals surface area (Å²) in [6.45, 7) is 11.4. The third kappa shape index (κ3) is 6.61. The van der Waals surface area contributed by atoms with Crippen molar-refractivity contribution < 1.29 is 4.74 Å². The maximum absolute atomic E-state index is 5.46. The van der Waals surface area contributed by atoms with Crippen LogP contribution in [0.2, 0.25) is 0 Å². The van der Waals surface area contributed by atoms with Crippen molar-refractivity contribution in [3.63, 3.8) is 0 Å². The smallest absolute Gasteiger partial charge is 0.191 e. The van der Waals surface area contributed by atoms with E-state index in [4.69, 9.17) is 4.74 Å². The Morgan fingerprint density at radius 2 is 1.85 bits per heavy atom. The number of ether oxygens (including phenoxy) is 1. The number of likely N-dealkylation sites (tertiary alicyclic amines) is 1. The van der Waals surface area contributed by atoms with E-state index in [1.807, 2.05) is 0 Å². The normalized spacial score (nSPS) is 17.3. The van der Waals surface area contributed by atoms with Crippen molar-refractivity contribution in [1.29, 1.82) is 0 Å². The summed E-state index contributed by atoms with van der Waals surface area (Å²) in [5, 5.41) is 6.77. The van der Waals surface area contributed by atoms with Gasteiger partial charge in [0.25, 0.3) is 0 Å². The van der Waals surface area contributed by atoms with Crippen LogP contribution in [0.15, 0.2) is 29.3 Å². The molecular weight excluding hydrogens is 324 g/mol. The minimum absolute atomic E-state index is 0.221. The van der Waals surface area contributed by atoms with E-state index in [1.165, 1.54) is 37.1 Å². The second kappa shape index (κ2) is 9.93. The lowest BCUT2D eigenvalue weighted by atomic mass is 9.98. The molecule has 0 unspecified atom stereocenters. The van der Waals surface area contributed by atoms with Crippen LogP contribution in [-0.4, -0.2) is 50.3 Å². The predicted octanol–water partition coefficient (Wildman–Crippen LogP) is 3.01. The Hall–Kier alpha value is -1.59. The first-order chi connectivity index (χ1) is 12.4. The third-order valence-corrected chi connectivity index (χ3v) is 5.29. The van der Waals surface area contributed by atoms with Crippen LogP contribution in [0.4, 0.5) is 0 Å². The Bertz CT molecular complexity index is 577. The molecule has 1 aromatic rings. The first-order valence-corrected chi connectivity index (χ1v) is 9.72. The van der Waals surface area contributed by atoms with E-state index in [0.717, 1.165) is 25.0 Å². The fraction of sp³-hybridized carbons (Fsp3) is 0.667. The average Bonchev–Trinajstić information content (AvgIpc) is 2.65. The summed E-state index contributed by atoms with van der Waals surface area (Å²) in [5.41, 5.74) is 2.52. The predicted molar refractivity (Wildman–Crippen MR) is 109 cm³/mol. The van der Waals surface area contributed by atoms with E-state index < -0.39 is 0 Å². The maximum atomic E-state index is 5.46. The molecule has 0 atom stereocenters. The van der Waals surface area contributed by atoms with Crippen LogP contribution < -0.4 is 10.6 Å². The van der Waals surface area contributed by atoms with E-state index in [2.05, 4.69) is 65.6 Å². The van der Waals surface area contributed by atoms with Gasteiger partial charge in [0.05, 0.1) is 5.60 Å². The number of methoxy groups -OCH3 is 1. The van der Waals surface area contributed by atoms with Gasteiger partial charge < -0.3 is 15.4 Å². The SMILES string of the molecule is CN=C(NCc1ccccc1CN1CCC(C)CC1)NCC(C)(C)OC. The summed E-state index contributed by atoms with van der Waals surface area (Å²) in [5.74, 6) is 1.67. The number of guanidine groups is 1. The van der Waals surface area contributed by atoms with Gasteiger partial charge >= 0.3 is 0 Å². The molecule has 1 saturated heterocycles. The van der Waals surface area contributed by atoms with Crippen LogP contribution in [0, 0.1) is 5.92 Å². The van der Waals surface area contributed by atoms with Crippen molar-refractivity contribution in [1.82, 2.24) is 15.5 Å². The number of nitrogens with zero attached hydrogens (tertiary/aromatic N) is 2. The number of aliphatic imine (C=N–C) groups is 1. The van der Waals surface area contributed by atoms with E-state index in [9.17, 15) is 0 Å². The van der Waals surface area contributed by atoms with Gasteiger partial charge in [0.15, 0.2) is 5.96 Å². The van der Waals surface area contributed by atoms with Gasteiger partial charge in [0.2, 0.25) is 0 Å². The summed E-state index contributed by atoms with van der Waals surface area (Å²) in [7, 11) is 3.53. The van der Waals surface area contributed by atoms with Crippen molar-refractivity contribution in [2.24, 2.45) is 10.9 Å². The van der Waals surface area contributed by atoms with E-state index in [0.29, 0.717) is 6.54 Å². The first kappa shape index (κ1) is 20.7. The number of piperidine rings is 1. The van der Waals surface area contributed by atoms with Gasteiger partial charge in [-0.2, -0.15) is 0 Å². The highest BCUT2D eigenvalue weighted by Crippen LogP contribution is 2.19. The summed E-state index contributed by atoms with van der Waals surface area (Å²) in [4.78, 5) is 6.90. The summed E-state index contributed by atoms with van der Waals surface area (Å²) < 4.78 is 5.46. The lowest BCUT2D eigenvalue weighted by Crippen LogP contribution is -2.45. The van der Waals surface area contributed by atoms with E-state index in [1.54, 1.807) is 14.2 Å². The zero-order valence-electron chi connectivity index (χ0n) is 17.1. The minimum Gasteiger partial charge on any atom is -0.377 e. The molecule has 0 bridgehead atoms. The molecule has 146 valence electrons. The fourth-order valence-corrected chi connectivity index (χ4v) is 3.11. The fourth-order valence-electron chi connectivity index (χ4n) is 3.11. The highest BCUT2D eigenvalue weighted by Gasteiger charge is 2.18. The van der Waals surface area contributed by atoms with Crippen LogP contribution in [0.25, 0.3) is 0 Å². The molecule has 0 radical (unpaired) electrons. The van der Waals surface area contributed by atoms with E-state index >= 15 is 0 Å². The molecule has 0 aromatic heterocycles. The zero-order chi connectivity index (χ0) is 19.0. The molecule has 1 aromatic carbocycles. The summed E-state index contributed by atoms with van der Waals surface area (Å²) in [6, 6.07) is 8.71. The molecule has 0 amide bonds. The standard InChI is InChI=1S/C21H36N4O/c1-17-10-12-25(13-11-17)15-19-9-7-6-8-18(19)14-23-20(22-4)24-16-21(2,3)26-5/h6-9,17H,10-16H2,1-5H3,(H2,22,23,24). The number of hydrogen-bond acceptors (Lipinski definition) is 3. The highest BCUT2D eigenvalue weighted by molar-refractivity contribution is 5.79. The van der Waals surface area contributed by atoms with Crippen molar-refractivity contribution >= 4 is 5.96 Å². The second-order valence-electron chi connectivity index (χ2n) is 7.97. The van der Waals surface area contributed by atoms with Crippen LogP contribution in [0.1, 0.15) is 44.7 Å². The number of hydrogen-bond donors (Lipinski definition) is 2. The molecule has 5 nitrogen and oxygen atoms in total.